The van der Waals surface area contributed by atoms with Crippen LogP contribution in [0.3, 0.4) is 0 Å². The van der Waals surface area contributed by atoms with Crippen LogP contribution in [-0.4, -0.2) is 27.3 Å². The molecule has 1 aliphatic carbocycles. The number of ether oxygens (including phenoxy) is 1. The quantitative estimate of drug-likeness (QED) is 0.683. The van der Waals surface area contributed by atoms with Gasteiger partial charge >= 0.3 is 5.69 Å². The van der Waals surface area contributed by atoms with E-state index in [4.69, 9.17) is 4.74 Å². The number of hydrogen-bond acceptors (Lipinski definition) is 5. The molecule has 4 rings (SSSR count). The van der Waals surface area contributed by atoms with E-state index in [0.29, 0.717) is 5.69 Å². The Bertz CT molecular complexity index is 1220. The Kier molecular flexibility index (Phi) is 4.53. The van der Waals surface area contributed by atoms with Crippen LogP contribution in [0.5, 0.6) is 5.75 Å². The zero-order valence-electron chi connectivity index (χ0n) is 15.4. The first-order valence-corrected chi connectivity index (χ1v) is 8.87. The maximum atomic E-state index is 12.0. The summed E-state index contributed by atoms with van der Waals surface area (Å²) in [6.45, 7) is 1.90. The van der Waals surface area contributed by atoms with Crippen LogP contribution in [0.15, 0.2) is 46.1 Å². The minimum atomic E-state index is -0.552. The number of hydrogen-bond donors (Lipinski definition) is 2. The Morgan fingerprint density at radius 1 is 1.21 bits per heavy atom. The number of benzene rings is 1. The second-order valence-electron chi connectivity index (χ2n) is 6.71. The molecule has 0 bridgehead atoms. The second-order valence-corrected chi connectivity index (χ2v) is 6.71. The molecule has 3 aromatic rings. The Morgan fingerprint density at radius 3 is 2.86 bits per heavy atom. The van der Waals surface area contributed by atoms with Gasteiger partial charge in [0.05, 0.1) is 18.4 Å². The van der Waals surface area contributed by atoms with Crippen molar-refractivity contribution in [3.05, 3.63) is 74.2 Å². The molecule has 7 nitrogen and oxygen atoms in total. The number of H-pyrrole nitrogens is 2. The van der Waals surface area contributed by atoms with Gasteiger partial charge in [-0.15, -0.1) is 5.10 Å². The molecule has 2 aromatic heterocycles. The van der Waals surface area contributed by atoms with E-state index < -0.39 is 11.2 Å². The SMILES string of the molecule is COc1cccc(C#C[C@H]2C[C@@H]2c2cc(-c3c[nH]c(=O)[nH]c3=O)nnc2C)c1. The van der Waals surface area contributed by atoms with Crippen molar-refractivity contribution in [2.45, 2.75) is 19.3 Å². The van der Waals surface area contributed by atoms with Gasteiger partial charge in [0.1, 0.15) is 11.4 Å². The number of methoxy groups -OCH3 is 1. The molecule has 140 valence electrons. The number of aryl methyl sites for hydroxylation is 1. The number of nitrogens with one attached hydrogen (secondary N) is 2. The van der Waals surface area contributed by atoms with Crippen LogP contribution in [0.4, 0.5) is 0 Å². The molecule has 0 amide bonds. The molecule has 0 radical (unpaired) electrons. The lowest BCUT2D eigenvalue weighted by atomic mass is 10.1. The highest BCUT2D eigenvalue weighted by molar-refractivity contribution is 5.58. The van der Waals surface area contributed by atoms with Gasteiger partial charge in [0, 0.05) is 23.6 Å². The fourth-order valence-electron chi connectivity index (χ4n) is 3.15. The third-order valence-electron chi connectivity index (χ3n) is 4.77. The molecule has 2 N–H and O–H groups in total. The first kappa shape index (κ1) is 17.7. The molecule has 1 saturated carbocycles. The van der Waals surface area contributed by atoms with Gasteiger partial charge in [-0.2, -0.15) is 5.10 Å². The highest BCUT2D eigenvalue weighted by atomic mass is 16.5. The third-order valence-corrected chi connectivity index (χ3v) is 4.77. The van der Waals surface area contributed by atoms with Crippen LogP contribution in [0.1, 0.15) is 29.2 Å². The summed E-state index contributed by atoms with van der Waals surface area (Å²) in [4.78, 5) is 27.9. The number of nitrogens with zero attached hydrogens (tertiary/aromatic N) is 2. The summed E-state index contributed by atoms with van der Waals surface area (Å²) in [5, 5.41) is 8.30. The van der Waals surface area contributed by atoms with Crippen molar-refractivity contribution in [3.8, 4) is 28.8 Å². The fourth-order valence-corrected chi connectivity index (χ4v) is 3.15. The summed E-state index contributed by atoms with van der Waals surface area (Å²) in [6.07, 6.45) is 2.29. The van der Waals surface area contributed by atoms with E-state index in [2.05, 4.69) is 32.0 Å². The van der Waals surface area contributed by atoms with Crippen molar-refractivity contribution >= 4 is 0 Å². The normalized spacial score (nSPS) is 17.5. The standard InChI is InChI=1S/C21H18N4O3/c1-12-16(10-19(25-24-12)18-11-22-21(27)23-20(18)26)17-9-14(17)7-6-13-4-3-5-15(8-13)28-2/h3-5,8,10-11,14,17H,9H2,1-2H3,(H2,22,23,26,27)/t14-,17-/m0/s1. The predicted molar refractivity (Wildman–Crippen MR) is 104 cm³/mol. The third kappa shape index (κ3) is 3.58. The van der Waals surface area contributed by atoms with Gasteiger partial charge in [-0.3, -0.25) is 9.78 Å². The molecule has 0 aliphatic heterocycles. The lowest BCUT2D eigenvalue weighted by molar-refractivity contribution is 0.414. The van der Waals surface area contributed by atoms with E-state index in [1.165, 1.54) is 6.20 Å². The summed E-state index contributed by atoms with van der Waals surface area (Å²) in [5.41, 5.74) is 2.44. The van der Waals surface area contributed by atoms with Crippen molar-refractivity contribution in [1.82, 2.24) is 20.2 Å². The van der Waals surface area contributed by atoms with E-state index in [0.717, 1.165) is 29.0 Å². The minimum Gasteiger partial charge on any atom is -0.497 e. The summed E-state index contributed by atoms with van der Waals surface area (Å²) in [7, 11) is 1.63. The summed E-state index contributed by atoms with van der Waals surface area (Å²) in [6, 6.07) is 9.52. The van der Waals surface area contributed by atoms with Gasteiger partial charge in [0.15, 0.2) is 0 Å². The monoisotopic (exact) mass is 374 g/mol. The smallest absolute Gasteiger partial charge is 0.325 e. The molecule has 28 heavy (non-hydrogen) atoms. The highest BCUT2D eigenvalue weighted by Crippen LogP contribution is 2.48. The summed E-state index contributed by atoms with van der Waals surface area (Å²) < 4.78 is 5.22. The molecule has 1 aromatic carbocycles. The second kappa shape index (κ2) is 7.16. The Labute approximate surface area is 160 Å². The van der Waals surface area contributed by atoms with Gasteiger partial charge in [0.25, 0.3) is 5.56 Å². The number of aromatic amines is 2. The largest absolute Gasteiger partial charge is 0.497 e. The van der Waals surface area contributed by atoms with Gasteiger partial charge in [-0.1, -0.05) is 17.9 Å². The van der Waals surface area contributed by atoms with E-state index in [-0.39, 0.29) is 17.4 Å². The van der Waals surface area contributed by atoms with Crippen molar-refractivity contribution in [2.24, 2.45) is 5.92 Å². The topological polar surface area (TPSA) is 101 Å². The van der Waals surface area contributed by atoms with Crippen LogP contribution in [0.25, 0.3) is 11.3 Å². The molecule has 0 saturated heterocycles. The van der Waals surface area contributed by atoms with Crippen molar-refractivity contribution in [3.63, 3.8) is 0 Å². The average molecular weight is 374 g/mol. The highest BCUT2D eigenvalue weighted by Gasteiger charge is 2.38. The lowest BCUT2D eigenvalue weighted by Crippen LogP contribution is -2.23. The molecule has 2 atom stereocenters. The Morgan fingerprint density at radius 2 is 2.07 bits per heavy atom. The molecular formula is C21H18N4O3. The Hall–Kier alpha value is -3.66. The fraction of sp³-hybridized carbons (Fsp3) is 0.238. The van der Waals surface area contributed by atoms with Crippen molar-refractivity contribution in [2.75, 3.05) is 7.11 Å². The first-order valence-electron chi connectivity index (χ1n) is 8.87. The van der Waals surface area contributed by atoms with Crippen LogP contribution in [-0.2, 0) is 0 Å². The van der Waals surface area contributed by atoms with Crippen LogP contribution < -0.4 is 16.0 Å². The molecule has 1 aliphatic rings. The van der Waals surface area contributed by atoms with Gasteiger partial charge in [0.2, 0.25) is 0 Å². The van der Waals surface area contributed by atoms with Crippen molar-refractivity contribution < 1.29 is 4.74 Å². The molecule has 1 fully saturated rings. The number of rotatable bonds is 3. The number of aromatic nitrogens is 4. The molecule has 2 heterocycles. The average Bonchev–Trinajstić information content (AvgIpc) is 3.47. The molecule has 7 heteroatoms. The zero-order valence-corrected chi connectivity index (χ0v) is 15.4. The maximum absolute atomic E-state index is 12.0. The zero-order chi connectivity index (χ0) is 19.7. The van der Waals surface area contributed by atoms with Crippen molar-refractivity contribution in [1.29, 1.82) is 0 Å². The predicted octanol–water partition coefficient (Wildman–Crippen LogP) is 1.99. The van der Waals surface area contributed by atoms with Gasteiger partial charge in [-0.25, -0.2) is 4.79 Å². The molecule has 0 unspecified atom stereocenters. The van der Waals surface area contributed by atoms with E-state index >= 15 is 0 Å². The minimum absolute atomic E-state index is 0.232. The van der Waals surface area contributed by atoms with Gasteiger partial charge < -0.3 is 9.72 Å². The van der Waals surface area contributed by atoms with Crippen LogP contribution in [0, 0.1) is 24.7 Å². The van der Waals surface area contributed by atoms with Crippen LogP contribution in [0.2, 0.25) is 0 Å². The maximum Gasteiger partial charge on any atom is 0.325 e. The molecular weight excluding hydrogens is 356 g/mol. The summed E-state index contributed by atoms with van der Waals surface area (Å²) in [5.74, 6) is 7.78. The lowest BCUT2D eigenvalue weighted by Gasteiger charge is -2.05. The van der Waals surface area contributed by atoms with Crippen LogP contribution >= 0.6 is 0 Å². The summed E-state index contributed by atoms with van der Waals surface area (Å²) >= 11 is 0. The van der Waals surface area contributed by atoms with E-state index in [9.17, 15) is 9.59 Å². The molecule has 0 spiro atoms. The van der Waals surface area contributed by atoms with E-state index in [1.807, 2.05) is 37.3 Å². The van der Waals surface area contributed by atoms with E-state index in [1.54, 1.807) is 7.11 Å². The Balaban J connectivity index is 1.59. The van der Waals surface area contributed by atoms with Gasteiger partial charge in [-0.05, 0) is 43.2 Å². The first-order chi connectivity index (χ1) is 13.5.